The molecule has 1 aromatic rings. The van der Waals surface area contributed by atoms with Gasteiger partial charge < -0.3 is 4.74 Å². The molecule has 0 aromatic heterocycles. The van der Waals surface area contributed by atoms with Crippen LogP contribution in [0.15, 0.2) is 35.3 Å². The van der Waals surface area contributed by atoms with E-state index < -0.39 is 0 Å². The molecule has 0 N–H and O–H groups in total. The van der Waals surface area contributed by atoms with Gasteiger partial charge in [0.25, 0.3) is 0 Å². The molecule has 1 aromatic carbocycles. The van der Waals surface area contributed by atoms with Gasteiger partial charge >= 0.3 is 0 Å². The number of hydrogen-bond acceptors (Lipinski definition) is 3. The Morgan fingerprint density at radius 1 is 1.22 bits per heavy atom. The molecule has 3 rings (SSSR count). The fourth-order valence-corrected chi connectivity index (χ4v) is 2.84. The number of likely N-dealkylation sites (N-methyl/N-ethyl adjacent to an activating group) is 1. The second-order valence-electron chi connectivity index (χ2n) is 6.09. The van der Waals surface area contributed by atoms with E-state index >= 15 is 0 Å². The van der Waals surface area contributed by atoms with Gasteiger partial charge in [0, 0.05) is 0 Å². The van der Waals surface area contributed by atoms with E-state index in [1.54, 1.807) is 0 Å². The van der Waals surface area contributed by atoms with Crippen LogP contribution in [0.25, 0.3) is 0 Å². The van der Waals surface area contributed by atoms with Crippen LogP contribution >= 0.6 is 0 Å². The highest BCUT2D eigenvalue weighted by Crippen LogP contribution is 2.53. The van der Waals surface area contributed by atoms with Crippen molar-refractivity contribution in [1.29, 1.82) is 0 Å². The third-order valence-electron chi connectivity index (χ3n) is 4.10. The first kappa shape index (κ1) is 11.7. The highest BCUT2D eigenvalue weighted by molar-refractivity contribution is 5.92. The fourth-order valence-electron chi connectivity index (χ4n) is 2.84. The largest absolute Gasteiger partial charge is 0.477 e. The van der Waals surface area contributed by atoms with Crippen molar-refractivity contribution >= 4 is 5.90 Å². The zero-order valence-electron chi connectivity index (χ0n) is 11.5. The van der Waals surface area contributed by atoms with Crippen LogP contribution in [-0.4, -0.2) is 35.5 Å². The van der Waals surface area contributed by atoms with Crippen LogP contribution in [-0.2, 0) is 4.74 Å². The number of aliphatic imine (C=N–C) groups is 1. The fraction of sp³-hybridized carbons (Fsp3) is 0.533. The van der Waals surface area contributed by atoms with Gasteiger partial charge in [-0.05, 0) is 33.4 Å². The molecule has 1 fully saturated rings. The summed E-state index contributed by atoms with van der Waals surface area (Å²) in [6.07, 6.45) is 0. The Morgan fingerprint density at radius 2 is 1.89 bits per heavy atom. The number of rotatable bonds is 2. The zero-order valence-corrected chi connectivity index (χ0v) is 11.5. The van der Waals surface area contributed by atoms with Crippen LogP contribution in [0, 0.1) is 0 Å². The lowest BCUT2D eigenvalue weighted by Crippen LogP contribution is -2.25. The van der Waals surface area contributed by atoms with Gasteiger partial charge in [-0.2, -0.15) is 0 Å². The Kier molecular flexibility index (Phi) is 2.33. The smallest absolute Gasteiger partial charge is 0.206 e. The molecule has 3 nitrogen and oxygen atoms in total. The zero-order chi connectivity index (χ0) is 13.0. The van der Waals surface area contributed by atoms with Crippen molar-refractivity contribution in [3.05, 3.63) is 35.9 Å². The maximum absolute atomic E-state index is 5.83. The highest BCUT2D eigenvalue weighted by atomic mass is 16.5. The first-order valence-electron chi connectivity index (χ1n) is 6.46. The summed E-state index contributed by atoms with van der Waals surface area (Å²) in [7, 11) is 2.13. The van der Waals surface area contributed by atoms with Crippen molar-refractivity contribution in [1.82, 2.24) is 4.90 Å². The maximum atomic E-state index is 5.83. The van der Waals surface area contributed by atoms with E-state index in [2.05, 4.69) is 63.1 Å². The molecule has 1 unspecified atom stereocenters. The Balaban J connectivity index is 1.90. The lowest BCUT2D eigenvalue weighted by Gasteiger charge is -2.09. The topological polar surface area (TPSA) is 24.6 Å². The third-order valence-corrected chi connectivity index (χ3v) is 4.10. The van der Waals surface area contributed by atoms with Crippen LogP contribution in [0.1, 0.15) is 32.4 Å². The van der Waals surface area contributed by atoms with E-state index in [0.29, 0.717) is 12.6 Å². The standard InChI is InChI=1S/C15H20N2O/c1-14(2)10-18-13(16-14)15(3)12(17(15)4)11-8-6-5-7-9-11/h5-9,12H,10H2,1-4H3/t12-,15+,17?/m1/s1. The van der Waals surface area contributed by atoms with E-state index in [1.807, 2.05) is 0 Å². The summed E-state index contributed by atoms with van der Waals surface area (Å²) in [6.45, 7) is 7.13. The molecule has 96 valence electrons. The molecule has 0 amide bonds. The Morgan fingerprint density at radius 3 is 2.44 bits per heavy atom. The average Bonchev–Trinajstić information content (AvgIpc) is 2.69. The van der Waals surface area contributed by atoms with E-state index in [4.69, 9.17) is 9.73 Å². The maximum Gasteiger partial charge on any atom is 0.206 e. The predicted molar refractivity (Wildman–Crippen MR) is 72.8 cm³/mol. The third kappa shape index (κ3) is 1.57. The minimum absolute atomic E-state index is 0.0743. The summed E-state index contributed by atoms with van der Waals surface area (Å²) in [6, 6.07) is 11.0. The molecule has 1 saturated heterocycles. The van der Waals surface area contributed by atoms with Gasteiger partial charge in [0.2, 0.25) is 5.90 Å². The molecule has 0 bridgehead atoms. The van der Waals surface area contributed by atoms with Crippen LogP contribution < -0.4 is 0 Å². The van der Waals surface area contributed by atoms with Crippen LogP contribution in [0.2, 0.25) is 0 Å². The summed E-state index contributed by atoms with van der Waals surface area (Å²) in [4.78, 5) is 7.06. The summed E-state index contributed by atoms with van der Waals surface area (Å²) in [5, 5.41) is 0. The van der Waals surface area contributed by atoms with Crippen molar-refractivity contribution in [2.45, 2.75) is 37.9 Å². The molecule has 0 aliphatic carbocycles. The molecule has 18 heavy (non-hydrogen) atoms. The average molecular weight is 244 g/mol. The lowest BCUT2D eigenvalue weighted by molar-refractivity contribution is 0.265. The second kappa shape index (κ2) is 3.58. The van der Waals surface area contributed by atoms with Gasteiger partial charge in [0.15, 0.2) is 0 Å². The van der Waals surface area contributed by atoms with E-state index in [1.165, 1.54) is 5.56 Å². The summed E-state index contributed by atoms with van der Waals surface area (Å²) < 4.78 is 5.83. The minimum atomic E-state index is -0.0803. The molecular formula is C15H20N2O. The number of nitrogens with zero attached hydrogens (tertiary/aromatic N) is 2. The van der Waals surface area contributed by atoms with Crippen molar-refractivity contribution < 1.29 is 4.74 Å². The van der Waals surface area contributed by atoms with Gasteiger partial charge in [-0.3, -0.25) is 4.90 Å². The second-order valence-corrected chi connectivity index (χ2v) is 6.09. The van der Waals surface area contributed by atoms with E-state index in [9.17, 15) is 0 Å². The number of benzene rings is 1. The SMILES string of the molecule is CN1[C@H](c2ccccc2)[C@@]1(C)C1=NC(C)(C)CO1. The first-order chi connectivity index (χ1) is 8.45. The summed E-state index contributed by atoms with van der Waals surface area (Å²) in [5.74, 6) is 0.892. The molecule has 0 spiro atoms. The molecule has 3 atom stereocenters. The monoisotopic (exact) mass is 244 g/mol. The Labute approximate surface area is 108 Å². The van der Waals surface area contributed by atoms with Crippen molar-refractivity contribution in [3.63, 3.8) is 0 Å². The van der Waals surface area contributed by atoms with Gasteiger partial charge in [-0.1, -0.05) is 30.3 Å². The van der Waals surface area contributed by atoms with E-state index in [0.717, 1.165) is 5.90 Å². The van der Waals surface area contributed by atoms with Crippen molar-refractivity contribution in [2.75, 3.05) is 13.7 Å². The Hall–Kier alpha value is -1.35. The normalized spacial score (nSPS) is 37.0. The van der Waals surface area contributed by atoms with Crippen LogP contribution in [0.4, 0.5) is 0 Å². The van der Waals surface area contributed by atoms with Gasteiger partial charge in [0.1, 0.15) is 12.1 Å². The molecular weight excluding hydrogens is 224 g/mol. The van der Waals surface area contributed by atoms with Crippen LogP contribution in [0.5, 0.6) is 0 Å². The molecule has 3 heteroatoms. The van der Waals surface area contributed by atoms with Crippen LogP contribution in [0.3, 0.4) is 0 Å². The molecule has 2 aliphatic heterocycles. The first-order valence-corrected chi connectivity index (χ1v) is 6.46. The molecule has 2 heterocycles. The van der Waals surface area contributed by atoms with Gasteiger partial charge in [-0.25, -0.2) is 4.99 Å². The molecule has 0 radical (unpaired) electrons. The van der Waals surface area contributed by atoms with Gasteiger partial charge in [-0.15, -0.1) is 0 Å². The summed E-state index contributed by atoms with van der Waals surface area (Å²) >= 11 is 0. The quantitative estimate of drug-likeness (QED) is 0.747. The van der Waals surface area contributed by atoms with E-state index in [-0.39, 0.29) is 11.1 Å². The van der Waals surface area contributed by atoms with Crippen molar-refractivity contribution in [2.24, 2.45) is 4.99 Å². The summed E-state index contributed by atoms with van der Waals surface area (Å²) in [5.41, 5.74) is 1.18. The predicted octanol–water partition coefficient (Wildman–Crippen LogP) is 2.64. The minimum Gasteiger partial charge on any atom is -0.477 e. The molecule has 0 saturated carbocycles. The number of hydrogen-bond donors (Lipinski definition) is 0. The lowest BCUT2D eigenvalue weighted by atomic mass is 10.0. The number of ether oxygens (including phenoxy) is 1. The Bertz CT molecular complexity index is 494. The van der Waals surface area contributed by atoms with Gasteiger partial charge in [0.05, 0.1) is 11.6 Å². The molecule has 2 aliphatic rings. The van der Waals surface area contributed by atoms with Crippen molar-refractivity contribution in [3.8, 4) is 0 Å². The highest BCUT2D eigenvalue weighted by Gasteiger charge is 2.63.